The lowest BCUT2D eigenvalue weighted by atomic mass is 10.3. The highest BCUT2D eigenvalue weighted by Crippen LogP contribution is 2.18. The van der Waals surface area contributed by atoms with Gasteiger partial charge in [0.2, 0.25) is 0 Å². The number of rotatable bonds is 1. The maximum Gasteiger partial charge on any atom is 0.153 e. The molecule has 1 aromatic carbocycles. The predicted octanol–water partition coefficient (Wildman–Crippen LogP) is 1.97. The fraction of sp³-hybridized carbons (Fsp3) is 0. The molecule has 0 aliphatic heterocycles. The number of hydrogen-bond acceptors (Lipinski definition) is 2. The molecule has 0 atom stereocenters. The topological polar surface area (TPSA) is 38.0 Å². The molecule has 0 spiro atoms. The molecule has 12 heavy (non-hydrogen) atoms. The Morgan fingerprint density at radius 3 is 1.83 bits per heavy atom. The van der Waals surface area contributed by atoms with E-state index in [1.54, 1.807) is 5.43 Å². The Bertz CT molecular complexity index is 256. The summed E-state index contributed by atoms with van der Waals surface area (Å²) in [7, 11) is 0. The lowest BCUT2D eigenvalue weighted by molar-refractivity contribution is 0.547. The van der Waals surface area contributed by atoms with Crippen molar-refractivity contribution in [2.75, 3.05) is 5.43 Å². The Balaban J connectivity index is 0.00000121. The van der Waals surface area contributed by atoms with Crippen molar-refractivity contribution in [1.82, 2.24) is 0 Å². The molecule has 1 aromatic rings. The first kappa shape index (κ1) is 11.2. The van der Waals surface area contributed by atoms with Gasteiger partial charge in [0, 0.05) is 12.1 Å². The Hall–Kier alpha value is -0.750. The minimum Gasteiger partial charge on any atom is -0.319 e. The standard InChI is InChI=1S/C6H5F3N2.BrH/c7-3-1-4(8)6(11-10)5(9)2-3;/h1-2,11H,10H2;1H. The van der Waals surface area contributed by atoms with Crippen molar-refractivity contribution in [3.05, 3.63) is 29.6 Å². The number of nitrogens with one attached hydrogen (secondary N) is 1. The van der Waals surface area contributed by atoms with Gasteiger partial charge in [-0.05, 0) is 0 Å². The maximum absolute atomic E-state index is 12.5. The molecule has 0 saturated heterocycles. The first-order valence-electron chi connectivity index (χ1n) is 2.76. The molecule has 0 bridgehead atoms. The van der Waals surface area contributed by atoms with E-state index in [2.05, 4.69) is 0 Å². The van der Waals surface area contributed by atoms with Gasteiger partial charge in [-0.25, -0.2) is 13.2 Å². The first-order chi connectivity index (χ1) is 5.15. The van der Waals surface area contributed by atoms with Crippen LogP contribution < -0.4 is 11.3 Å². The summed E-state index contributed by atoms with van der Waals surface area (Å²) in [6.07, 6.45) is 0. The van der Waals surface area contributed by atoms with E-state index >= 15 is 0 Å². The van der Waals surface area contributed by atoms with Crippen LogP contribution >= 0.6 is 17.0 Å². The Kier molecular flexibility index (Phi) is 4.05. The highest BCUT2D eigenvalue weighted by atomic mass is 79.9. The molecule has 3 N–H and O–H groups in total. The van der Waals surface area contributed by atoms with E-state index < -0.39 is 23.1 Å². The van der Waals surface area contributed by atoms with Gasteiger partial charge in [-0.1, -0.05) is 0 Å². The molecule has 0 amide bonds. The fourth-order valence-electron chi connectivity index (χ4n) is 0.680. The van der Waals surface area contributed by atoms with Crippen molar-refractivity contribution in [3.63, 3.8) is 0 Å². The molecule has 0 radical (unpaired) electrons. The Morgan fingerprint density at radius 2 is 1.50 bits per heavy atom. The minimum atomic E-state index is -1.05. The average molecular weight is 243 g/mol. The van der Waals surface area contributed by atoms with Gasteiger partial charge in [-0.3, -0.25) is 5.84 Å². The molecule has 0 heterocycles. The van der Waals surface area contributed by atoms with E-state index in [4.69, 9.17) is 5.84 Å². The van der Waals surface area contributed by atoms with Crippen LogP contribution in [0.2, 0.25) is 0 Å². The number of nitrogens with two attached hydrogens (primary N) is 1. The monoisotopic (exact) mass is 242 g/mol. The molecule has 6 heteroatoms. The normalized spacial score (nSPS) is 9.00. The van der Waals surface area contributed by atoms with Crippen LogP contribution in [0.5, 0.6) is 0 Å². The van der Waals surface area contributed by atoms with Crippen LogP contribution in [0, 0.1) is 17.5 Å². The lowest BCUT2D eigenvalue weighted by Gasteiger charge is -2.02. The summed E-state index contributed by atoms with van der Waals surface area (Å²) >= 11 is 0. The quantitative estimate of drug-likeness (QED) is 0.584. The number of anilines is 1. The van der Waals surface area contributed by atoms with Crippen molar-refractivity contribution >= 4 is 22.7 Å². The molecule has 1 rings (SSSR count). The second-order valence-corrected chi connectivity index (χ2v) is 1.89. The summed E-state index contributed by atoms with van der Waals surface area (Å²) in [5.41, 5.74) is 1.24. The van der Waals surface area contributed by atoms with Crippen molar-refractivity contribution in [3.8, 4) is 0 Å². The lowest BCUT2D eigenvalue weighted by Crippen LogP contribution is -2.10. The molecule has 0 aliphatic rings. The van der Waals surface area contributed by atoms with Crippen LogP contribution in [0.3, 0.4) is 0 Å². The van der Waals surface area contributed by atoms with Crippen molar-refractivity contribution in [1.29, 1.82) is 0 Å². The highest BCUT2D eigenvalue weighted by Gasteiger charge is 2.08. The zero-order valence-electron chi connectivity index (χ0n) is 5.77. The number of hydrogen-bond donors (Lipinski definition) is 2. The van der Waals surface area contributed by atoms with Crippen LogP contribution in [0.25, 0.3) is 0 Å². The third-order valence-corrected chi connectivity index (χ3v) is 1.15. The third-order valence-electron chi connectivity index (χ3n) is 1.15. The molecular formula is C6H6BrF3N2. The van der Waals surface area contributed by atoms with Crippen LogP contribution in [0.1, 0.15) is 0 Å². The first-order valence-corrected chi connectivity index (χ1v) is 2.76. The summed E-state index contributed by atoms with van der Waals surface area (Å²) in [4.78, 5) is 0. The van der Waals surface area contributed by atoms with Gasteiger partial charge in [-0.15, -0.1) is 17.0 Å². The fourth-order valence-corrected chi connectivity index (χ4v) is 0.680. The van der Waals surface area contributed by atoms with Crippen LogP contribution in [0.4, 0.5) is 18.9 Å². The zero-order chi connectivity index (χ0) is 8.43. The largest absolute Gasteiger partial charge is 0.319 e. The number of halogens is 4. The molecule has 0 saturated carbocycles. The van der Waals surface area contributed by atoms with Gasteiger partial charge in [0.05, 0.1) is 0 Å². The summed E-state index contributed by atoms with van der Waals surface area (Å²) in [6.45, 7) is 0. The number of nitrogen functional groups attached to an aromatic ring is 1. The van der Waals surface area contributed by atoms with E-state index in [9.17, 15) is 13.2 Å². The van der Waals surface area contributed by atoms with Crippen LogP contribution in [-0.4, -0.2) is 0 Å². The van der Waals surface area contributed by atoms with Crippen molar-refractivity contribution in [2.45, 2.75) is 0 Å². The van der Waals surface area contributed by atoms with Gasteiger partial charge < -0.3 is 5.43 Å². The van der Waals surface area contributed by atoms with Crippen LogP contribution in [0.15, 0.2) is 12.1 Å². The molecule has 2 nitrogen and oxygen atoms in total. The second kappa shape index (κ2) is 4.32. The SMILES string of the molecule is Br.NNc1c(F)cc(F)cc1F. The molecule has 0 unspecified atom stereocenters. The molecule has 68 valence electrons. The third kappa shape index (κ3) is 2.12. The number of benzene rings is 1. The Labute approximate surface area is 77.3 Å². The Morgan fingerprint density at radius 1 is 1.08 bits per heavy atom. The van der Waals surface area contributed by atoms with E-state index in [0.717, 1.165) is 0 Å². The van der Waals surface area contributed by atoms with E-state index in [1.807, 2.05) is 0 Å². The van der Waals surface area contributed by atoms with Gasteiger partial charge >= 0.3 is 0 Å². The predicted molar refractivity (Wildman–Crippen MR) is 44.4 cm³/mol. The second-order valence-electron chi connectivity index (χ2n) is 1.89. The van der Waals surface area contributed by atoms with Crippen molar-refractivity contribution in [2.24, 2.45) is 5.84 Å². The summed E-state index contributed by atoms with van der Waals surface area (Å²) in [5, 5.41) is 0. The van der Waals surface area contributed by atoms with Crippen molar-refractivity contribution < 1.29 is 13.2 Å². The smallest absolute Gasteiger partial charge is 0.153 e. The molecular weight excluding hydrogens is 237 g/mol. The van der Waals surface area contributed by atoms with Gasteiger partial charge in [0.25, 0.3) is 0 Å². The molecule has 0 fully saturated rings. The van der Waals surface area contributed by atoms with E-state index in [1.165, 1.54) is 0 Å². The average Bonchev–Trinajstić information content (AvgIpc) is 1.85. The number of hydrazine groups is 1. The van der Waals surface area contributed by atoms with Gasteiger partial charge in [0.1, 0.15) is 11.5 Å². The van der Waals surface area contributed by atoms with E-state index in [0.29, 0.717) is 12.1 Å². The molecule has 0 aromatic heterocycles. The maximum atomic E-state index is 12.5. The molecule has 0 aliphatic carbocycles. The highest BCUT2D eigenvalue weighted by molar-refractivity contribution is 8.93. The summed E-state index contributed by atoms with van der Waals surface area (Å²) in [5.74, 6) is 1.67. The minimum absolute atomic E-state index is 0. The van der Waals surface area contributed by atoms with Crippen LogP contribution in [-0.2, 0) is 0 Å². The van der Waals surface area contributed by atoms with E-state index in [-0.39, 0.29) is 17.0 Å². The summed E-state index contributed by atoms with van der Waals surface area (Å²) < 4.78 is 37.2. The van der Waals surface area contributed by atoms with Gasteiger partial charge in [-0.2, -0.15) is 0 Å². The zero-order valence-corrected chi connectivity index (χ0v) is 7.49. The summed E-state index contributed by atoms with van der Waals surface area (Å²) in [6, 6.07) is 1.08. The van der Waals surface area contributed by atoms with Gasteiger partial charge in [0.15, 0.2) is 11.6 Å².